The highest BCUT2D eigenvalue weighted by atomic mass is 16.1. The summed E-state index contributed by atoms with van der Waals surface area (Å²) in [5, 5.41) is 1.23. The first-order chi connectivity index (χ1) is 11.2. The lowest BCUT2D eigenvalue weighted by atomic mass is 10.0. The Bertz CT molecular complexity index is 718. The number of hydrogen-bond donors (Lipinski definition) is 1. The molecule has 23 heavy (non-hydrogen) atoms. The molecule has 2 aromatic heterocycles. The molecule has 4 rings (SSSR count). The van der Waals surface area contributed by atoms with Gasteiger partial charge in [-0.15, -0.1) is 0 Å². The summed E-state index contributed by atoms with van der Waals surface area (Å²) in [7, 11) is 1.99. The van der Waals surface area contributed by atoms with Gasteiger partial charge in [0.15, 0.2) is 0 Å². The fraction of sp³-hybridized carbons (Fsp3) is 0.632. The first-order valence-corrected chi connectivity index (χ1v) is 9.16. The van der Waals surface area contributed by atoms with E-state index in [1.165, 1.54) is 61.7 Å². The first kappa shape index (κ1) is 16.3. The number of piperidine rings is 1. The molecule has 0 aromatic carbocycles. The number of rotatable bonds is 3. The van der Waals surface area contributed by atoms with Crippen molar-refractivity contribution in [2.75, 3.05) is 13.1 Å². The molecular weight excluding hydrogens is 286 g/mol. The average Bonchev–Trinajstić information content (AvgIpc) is 3.36. The van der Waals surface area contributed by atoms with Crippen LogP contribution >= 0.6 is 0 Å². The summed E-state index contributed by atoms with van der Waals surface area (Å²) < 4.78 is 2.01. The molecule has 0 unspecified atom stereocenters. The van der Waals surface area contributed by atoms with Crippen molar-refractivity contribution in [1.82, 2.24) is 14.5 Å². The van der Waals surface area contributed by atoms with Gasteiger partial charge in [0, 0.05) is 31.4 Å². The number of fused-ring (bicyclic) bond motifs is 1. The highest BCUT2D eigenvalue weighted by molar-refractivity contribution is 5.87. The molecule has 4 heteroatoms. The van der Waals surface area contributed by atoms with Crippen LogP contribution in [-0.2, 0) is 13.6 Å². The molecule has 2 aromatic rings. The molecule has 3 heterocycles. The summed E-state index contributed by atoms with van der Waals surface area (Å²) in [6.45, 7) is 7.37. The van der Waals surface area contributed by atoms with Crippen molar-refractivity contribution >= 4 is 10.9 Å². The monoisotopic (exact) mass is 315 g/mol. The van der Waals surface area contributed by atoms with Crippen LogP contribution in [0.5, 0.6) is 0 Å². The molecule has 126 valence electrons. The maximum absolute atomic E-state index is 12.2. The van der Waals surface area contributed by atoms with Gasteiger partial charge in [-0.2, -0.15) is 0 Å². The van der Waals surface area contributed by atoms with Gasteiger partial charge in [-0.1, -0.05) is 20.3 Å². The summed E-state index contributed by atoms with van der Waals surface area (Å²) in [5.41, 5.74) is 3.59. The topological polar surface area (TPSA) is 41.0 Å². The zero-order chi connectivity index (χ0) is 16.4. The minimum Gasteiger partial charge on any atom is -0.346 e. The van der Waals surface area contributed by atoms with Crippen molar-refractivity contribution < 1.29 is 0 Å². The smallest absolute Gasteiger partial charge is 0.272 e. The van der Waals surface area contributed by atoms with E-state index >= 15 is 0 Å². The summed E-state index contributed by atoms with van der Waals surface area (Å²) in [6.07, 6.45) is 10.6. The third-order valence-corrected chi connectivity index (χ3v) is 4.98. The zero-order valence-electron chi connectivity index (χ0n) is 14.7. The van der Waals surface area contributed by atoms with Crippen molar-refractivity contribution in [2.24, 2.45) is 7.05 Å². The summed E-state index contributed by atoms with van der Waals surface area (Å²) >= 11 is 0. The molecule has 2 fully saturated rings. The second-order valence-corrected chi connectivity index (χ2v) is 6.67. The molecular formula is C19H29N3O. The van der Waals surface area contributed by atoms with Gasteiger partial charge in [0.2, 0.25) is 0 Å². The second kappa shape index (κ2) is 6.91. The number of hydrogen-bond acceptors (Lipinski definition) is 2. The van der Waals surface area contributed by atoms with Gasteiger partial charge in [-0.3, -0.25) is 9.69 Å². The molecule has 4 nitrogen and oxygen atoms in total. The molecule has 0 amide bonds. The molecule has 0 bridgehead atoms. The van der Waals surface area contributed by atoms with Gasteiger partial charge in [0.25, 0.3) is 5.56 Å². The lowest BCUT2D eigenvalue weighted by Gasteiger charge is -2.26. The van der Waals surface area contributed by atoms with Gasteiger partial charge in [-0.05, 0) is 55.8 Å². The fourth-order valence-corrected chi connectivity index (χ4v) is 3.77. The van der Waals surface area contributed by atoms with Crippen LogP contribution in [0.4, 0.5) is 0 Å². The average molecular weight is 315 g/mol. The molecule has 1 saturated carbocycles. The van der Waals surface area contributed by atoms with Gasteiger partial charge < -0.3 is 9.55 Å². The van der Waals surface area contributed by atoms with E-state index < -0.39 is 0 Å². The van der Waals surface area contributed by atoms with Gasteiger partial charge in [-0.25, -0.2) is 0 Å². The van der Waals surface area contributed by atoms with E-state index in [0.29, 0.717) is 5.92 Å². The van der Waals surface area contributed by atoms with Crippen LogP contribution in [0.15, 0.2) is 17.2 Å². The molecule has 1 N–H and O–H groups in total. The van der Waals surface area contributed by atoms with E-state index in [9.17, 15) is 4.79 Å². The van der Waals surface area contributed by atoms with E-state index in [2.05, 4.69) is 16.1 Å². The van der Waals surface area contributed by atoms with Crippen molar-refractivity contribution in [2.45, 2.75) is 58.4 Å². The largest absolute Gasteiger partial charge is 0.346 e. The number of nitrogens with zero attached hydrogens (tertiary/aromatic N) is 2. The molecule has 1 saturated heterocycles. The van der Waals surface area contributed by atoms with Crippen LogP contribution in [-0.4, -0.2) is 27.5 Å². The van der Waals surface area contributed by atoms with Crippen molar-refractivity contribution in [1.29, 1.82) is 0 Å². The van der Waals surface area contributed by atoms with E-state index in [-0.39, 0.29) is 5.56 Å². The Kier molecular flexibility index (Phi) is 4.90. The third kappa shape index (κ3) is 3.23. The quantitative estimate of drug-likeness (QED) is 0.937. The van der Waals surface area contributed by atoms with Gasteiger partial charge in [0.1, 0.15) is 5.52 Å². The summed E-state index contributed by atoms with van der Waals surface area (Å²) in [5.74, 6) is 0.659. The Morgan fingerprint density at radius 1 is 1.17 bits per heavy atom. The van der Waals surface area contributed by atoms with Crippen LogP contribution < -0.4 is 5.56 Å². The van der Waals surface area contributed by atoms with Crippen molar-refractivity contribution in [3.05, 3.63) is 33.9 Å². The molecule has 0 atom stereocenters. The molecule has 2 aliphatic rings. The van der Waals surface area contributed by atoms with E-state index in [1.807, 2.05) is 31.7 Å². The van der Waals surface area contributed by atoms with Crippen molar-refractivity contribution in [3.8, 4) is 0 Å². The van der Waals surface area contributed by atoms with Crippen LogP contribution in [0.2, 0.25) is 0 Å². The number of nitrogens with one attached hydrogen (secondary N) is 1. The second-order valence-electron chi connectivity index (χ2n) is 6.67. The Hall–Kier alpha value is -1.55. The predicted octanol–water partition coefficient (Wildman–Crippen LogP) is 3.76. The highest BCUT2D eigenvalue weighted by Gasteiger charge is 2.28. The number of aromatic nitrogens is 2. The van der Waals surface area contributed by atoms with Crippen LogP contribution in [0.3, 0.4) is 0 Å². The SMILES string of the molecule is CC.Cn1cc(CN2CCCCC2)c2c(C3CC3)c[nH]c(=O)c21. The Morgan fingerprint density at radius 2 is 1.87 bits per heavy atom. The molecule has 0 radical (unpaired) electrons. The number of aromatic amines is 1. The van der Waals surface area contributed by atoms with E-state index in [4.69, 9.17) is 0 Å². The zero-order valence-corrected chi connectivity index (χ0v) is 14.7. The van der Waals surface area contributed by atoms with Crippen LogP contribution in [0.25, 0.3) is 10.9 Å². The maximum Gasteiger partial charge on any atom is 0.272 e. The Balaban J connectivity index is 0.000000753. The van der Waals surface area contributed by atoms with Gasteiger partial charge >= 0.3 is 0 Å². The van der Waals surface area contributed by atoms with Crippen LogP contribution in [0, 0.1) is 0 Å². The van der Waals surface area contributed by atoms with E-state index in [0.717, 1.165) is 12.1 Å². The predicted molar refractivity (Wildman–Crippen MR) is 96.0 cm³/mol. The minimum absolute atomic E-state index is 0.0433. The third-order valence-electron chi connectivity index (χ3n) is 4.98. The number of aryl methyl sites for hydroxylation is 1. The van der Waals surface area contributed by atoms with E-state index in [1.54, 1.807) is 0 Å². The normalized spacial score (nSPS) is 18.7. The van der Waals surface area contributed by atoms with Crippen molar-refractivity contribution in [3.63, 3.8) is 0 Å². The molecule has 0 spiro atoms. The molecule has 1 aliphatic carbocycles. The molecule has 1 aliphatic heterocycles. The van der Waals surface area contributed by atoms with Gasteiger partial charge in [0.05, 0.1) is 0 Å². The number of H-pyrrole nitrogens is 1. The number of likely N-dealkylation sites (tertiary alicyclic amines) is 1. The Morgan fingerprint density at radius 3 is 2.52 bits per heavy atom. The lowest BCUT2D eigenvalue weighted by molar-refractivity contribution is 0.221. The standard InChI is InChI=1S/C17H23N3O.C2H6/c1-19-10-13(11-20-7-3-2-4-8-20)15-14(12-5-6-12)9-18-17(21)16(15)19;1-2/h9-10,12H,2-8,11H2,1H3,(H,18,21);1-2H3. The fourth-order valence-electron chi connectivity index (χ4n) is 3.77. The number of pyridine rings is 1. The van der Waals surface area contributed by atoms with Crippen LogP contribution in [0.1, 0.15) is 63.0 Å². The first-order valence-electron chi connectivity index (χ1n) is 9.16. The lowest BCUT2D eigenvalue weighted by Crippen LogP contribution is -2.29. The Labute approximate surface area is 138 Å². The summed E-state index contributed by atoms with van der Waals surface area (Å²) in [4.78, 5) is 17.7. The summed E-state index contributed by atoms with van der Waals surface area (Å²) in [6, 6.07) is 0. The maximum atomic E-state index is 12.2. The minimum atomic E-state index is 0.0433. The highest BCUT2D eigenvalue weighted by Crippen LogP contribution is 2.43.